The standard InChI is InChI=1S/C17H15Cl2F3N2O4S2/c1-24(2)16(25)9-29(26)15-6-3-10(18)7-14(15)23-30(27,28)11-4-5-13(19)12(8-11)17(20,21)22/h3-8,23H,9H2,1-2H3. The molecular weight excluding hydrogens is 488 g/mol. The van der Waals surface area contributed by atoms with E-state index >= 15 is 0 Å². The van der Waals surface area contributed by atoms with E-state index in [-0.39, 0.29) is 15.6 Å². The van der Waals surface area contributed by atoms with Crippen molar-refractivity contribution in [2.45, 2.75) is 16.0 Å². The first-order valence-corrected chi connectivity index (χ1v) is 11.6. The first-order valence-electron chi connectivity index (χ1n) is 8.00. The van der Waals surface area contributed by atoms with Gasteiger partial charge >= 0.3 is 6.18 Å². The zero-order valence-electron chi connectivity index (χ0n) is 15.5. The van der Waals surface area contributed by atoms with Gasteiger partial charge in [-0.15, -0.1) is 0 Å². The van der Waals surface area contributed by atoms with Gasteiger partial charge in [0.25, 0.3) is 10.0 Å². The Morgan fingerprint density at radius 2 is 1.77 bits per heavy atom. The second-order valence-corrected chi connectivity index (χ2v) is 10.1. The predicted octanol–water partition coefficient (Wildman–Crippen LogP) is 4.01. The summed E-state index contributed by atoms with van der Waals surface area (Å²) < 4.78 is 79.2. The van der Waals surface area contributed by atoms with Gasteiger partial charge in [-0.05, 0) is 36.4 Å². The molecule has 1 unspecified atom stereocenters. The average molecular weight is 503 g/mol. The van der Waals surface area contributed by atoms with E-state index in [2.05, 4.69) is 4.72 Å². The van der Waals surface area contributed by atoms with Crippen LogP contribution < -0.4 is 4.72 Å². The minimum Gasteiger partial charge on any atom is -0.348 e. The van der Waals surface area contributed by atoms with Crippen LogP contribution in [0.25, 0.3) is 0 Å². The molecule has 0 bridgehead atoms. The molecule has 0 heterocycles. The number of anilines is 1. The van der Waals surface area contributed by atoms with Gasteiger partial charge < -0.3 is 4.90 Å². The van der Waals surface area contributed by atoms with Crippen LogP contribution in [0.15, 0.2) is 46.2 Å². The number of benzene rings is 2. The summed E-state index contributed by atoms with van der Waals surface area (Å²) in [6.07, 6.45) is -4.86. The van der Waals surface area contributed by atoms with Crippen molar-refractivity contribution in [2.75, 3.05) is 24.6 Å². The highest BCUT2D eigenvalue weighted by molar-refractivity contribution is 7.93. The Morgan fingerprint density at radius 1 is 1.13 bits per heavy atom. The van der Waals surface area contributed by atoms with E-state index in [1.807, 2.05) is 0 Å². The number of hydrogen-bond acceptors (Lipinski definition) is 4. The lowest BCUT2D eigenvalue weighted by Crippen LogP contribution is -2.27. The summed E-state index contributed by atoms with van der Waals surface area (Å²) in [7, 11) is -3.55. The number of rotatable bonds is 6. The van der Waals surface area contributed by atoms with E-state index in [1.165, 1.54) is 31.1 Å². The van der Waals surface area contributed by atoms with Gasteiger partial charge in [-0.3, -0.25) is 13.7 Å². The number of carbonyl (C=O) groups is 1. The second-order valence-electron chi connectivity index (χ2n) is 6.16. The normalized spacial score (nSPS) is 13.0. The summed E-state index contributed by atoms with van der Waals surface area (Å²) in [5.41, 5.74) is -1.55. The molecule has 0 saturated carbocycles. The summed E-state index contributed by atoms with van der Waals surface area (Å²) >= 11 is 11.4. The Balaban J connectivity index is 2.46. The van der Waals surface area contributed by atoms with Gasteiger partial charge in [0.15, 0.2) is 0 Å². The van der Waals surface area contributed by atoms with Crippen molar-refractivity contribution in [2.24, 2.45) is 0 Å². The molecule has 1 N–H and O–H groups in total. The third kappa shape index (κ3) is 5.87. The molecular formula is C17H15Cl2F3N2O4S2. The topological polar surface area (TPSA) is 83.6 Å². The summed E-state index contributed by atoms with van der Waals surface area (Å²) in [6, 6.07) is 5.86. The molecule has 0 spiro atoms. The first-order chi connectivity index (χ1) is 13.7. The molecule has 1 atom stereocenters. The summed E-state index contributed by atoms with van der Waals surface area (Å²) in [5.74, 6) is -0.896. The van der Waals surface area contributed by atoms with E-state index in [1.54, 1.807) is 0 Å². The third-order valence-electron chi connectivity index (χ3n) is 3.74. The molecule has 0 aliphatic carbocycles. The highest BCUT2D eigenvalue weighted by Gasteiger charge is 2.34. The summed E-state index contributed by atoms with van der Waals surface area (Å²) in [4.78, 5) is 12.3. The minimum absolute atomic E-state index is 0.0526. The fraction of sp³-hybridized carbons (Fsp3) is 0.235. The quantitative estimate of drug-likeness (QED) is 0.646. The molecule has 0 aliphatic rings. The summed E-state index contributed by atoms with van der Waals surface area (Å²) in [6.45, 7) is 0. The number of nitrogens with zero attached hydrogens (tertiary/aromatic N) is 1. The van der Waals surface area contributed by atoms with Crippen LogP contribution in [0, 0.1) is 0 Å². The lowest BCUT2D eigenvalue weighted by atomic mass is 10.2. The van der Waals surface area contributed by atoms with Gasteiger partial charge in [-0.1, -0.05) is 23.2 Å². The van der Waals surface area contributed by atoms with Crippen molar-refractivity contribution >= 4 is 55.6 Å². The van der Waals surface area contributed by atoms with Gasteiger partial charge in [0, 0.05) is 19.1 Å². The number of halogens is 5. The molecule has 0 saturated heterocycles. The van der Waals surface area contributed by atoms with Crippen molar-refractivity contribution in [3.8, 4) is 0 Å². The van der Waals surface area contributed by atoms with Gasteiger partial charge in [0.1, 0.15) is 5.75 Å². The van der Waals surface area contributed by atoms with Crippen molar-refractivity contribution in [1.29, 1.82) is 0 Å². The van der Waals surface area contributed by atoms with Crippen LogP contribution in [0.1, 0.15) is 5.56 Å². The highest BCUT2D eigenvalue weighted by atomic mass is 35.5. The van der Waals surface area contributed by atoms with Crippen LogP contribution in [0.3, 0.4) is 0 Å². The molecule has 0 radical (unpaired) electrons. The van der Waals surface area contributed by atoms with Crippen LogP contribution in [0.4, 0.5) is 18.9 Å². The molecule has 0 fully saturated rings. The van der Waals surface area contributed by atoms with Crippen molar-refractivity contribution in [1.82, 2.24) is 4.90 Å². The SMILES string of the molecule is CN(C)C(=O)CS(=O)c1ccc(Cl)cc1NS(=O)(=O)c1ccc(Cl)c(C(F)(F)F)c1. The molecule has 2 rings (SSSR count). The number of hydrogen-bond donors (Lipinski definition) is 1. The van der Waals surface area contributed by atoms with E-state index in [9.17, 15) is 30.6 Å². The Kier molecular flexibility index (Phi) is 7.44. The monoisotopic (exact) mass is 502 g/mol. The Hall–Kier alpha value is -1.82. The fourth-order valence-electron chi connectivity index (χ4n) is 2.19. The first kappa shape index (κ1) is 24.4. The Morgan fingerprint density at radius 3 is 2.33 bits per heavy atom. The van der Waals surface area contributed by atoms with Gasteiger partial charge in [-0.25, -0.2) is 8.42 Å². The van der Waals surface area contributed by atoms with Gasteiger partial charge in [0.05, 0.1) is 36.9 Å². The largest absolute Gasteiger partial charge is 0.417 e. The van der Waals surface area contributed by atoms with Crippen molar-refractivity contribution < 1.29 is 30.6 Å². The molecule has 2 aromatic carbocycles. The molecule has 30 heavy (non-hydrogen) atoms. The van der Waals surface area contributed by atoms with Crippen LogP contribution in [0.5, 0.6) is 0 Å². The number of alkyl halides is 3. The average Bonchev–Trinajstić information content (AvgIpc) is 2.60. The van der Waals surface area contributed by atoms with E-state index in [0.29, 0.717) is 6.07 Å². The lowest BCUT2D eigenvalue weighted by molar-refractivity contribution is -0.137. The molecule has 0 aromatic heterocycles. The number of amides is 1. The maximum Gasteiger partial charge on any atom is 0.417 e. The van der Waals surface area contributed by atoms with Crippen LogP contribution in [-0.2, 0) is 31.8 Å². The number of carbonyl (C=O) groups excluding carboxylic acids is 1. The molecule has 0 aliphatic heterocycles. The van der Waals surface area contributed by atoms with E-state index < -0.39 is 54.1 Å². The zero-order chi connectivity index (χ0) is 22.9. The van der Waals surface area contributed by atoms with Crippen molar-refractivity contribution in [3.63, 3.8) is 0 Å². The third-order valence-corrected chi connectivity index (χ3v) is 7.02. The predicted molar refractivity (Wildman–Crippen MR) is 109 cm³/mol. The lowest BCUT2D eigenvalue weighted by Gasteiger charge is -2.15. The maximum absolute atomic E-state index is 13.1. The van der Waals surface area contributed by atoms with Crippen LogP contribution in [-0.4, -0.2) is 43.3 Å². The molecule has 6 nitrogen and oxygen atoms in total. The maximum atomic E-state index is 13.1. The molecule has 1 amide bonds. The summed E-state index contributed by atoms with van der Waals surface area (Å²) in [5, 5.41) is -0.576. The second kappa shape index (κ2) is 9.13. The van der Waals surface area contributed by atoms with E-state index in [0.717, 1.165) is 18.2 Å². The highest BCUT2D eigenvalue weighted by Crippen LogP contribution is 2.36. The molecule has 164 valence electrons. The number of sulfonamides is 1. The van der Waals surface area contributed by atoms with Crippen LogP contribution in [0.2, 0.25) is 10.0 Å². The van der Waals surface area contributed by atoms with Gasteiger partial charge in [0.2, 0.25) is 5.91 Å². The minimum atomic E-state index is -4.86. The molecule has 2 aromatic rings. The molecule has 13 heteroatoms. The van der Waals surface area contributed by atoms with Crippen molar-refractivity contribution in [3.05, 3.63) is 52.0 Å². The number of nitrogens with one attached hydrogen (secondary N) is 1. The Labute approximate surface area is 183 Å². The van der Waals surface area contributed by atoms with Crippen LogP contribution >= 0.6 is 23.2 Å². The van der Waals surface area contributed by atoms with E-state index in [4.69, 9.17) is 23.2 Å². The smallest absolute Gasteiger partial charge is 0.348 e. The van der Waals surface area contributed by atoms with Gasteiger partial charge in [-0.2, -0.15) is 13.2 Å². The Bertz CT molecular complexity index is 1110. The fourth-order valence-corrected chi connectivity index (χ4v) is 4.96. The zero-order valence-corrected chi connectivity index (χ0v) is 18.6.